The van der Waals surface area contributed by atoms with Gasteiger partial charge in [0.25, 0.3) is 0 Å². The van der Waals surface area contributed by atoms with Crippen molar-refractivity contribution in [1.29, 1.82) is 0 Å². The summed E-state index contributed by atoms with van der Waals surface area (Å²) < 4.78 is 0. The first-order valence-corrected chi connectivity index (χ1v) is 6.57. The minimum Gasteiger partial charge on any atom is -0.323 e. The zero-order valence-electron chi connectivity index (χ0n) is 10.3. The first-order chi connectivity index (χ1) is 9.22. The summed E-state index contributed by atoms with van der Waals surface area (Å²) in [5.74, 6) is -0.00593. The molecule has 2 aromatic rings. The smallest absolute Gasteiger partial charge is 0.235 e. The number of carbonyl (C=O) groups excluding carboxylic acids is 1. The maximum Gasteiger partial charge on any atom is 0.235 e. The van der Waals surface area contributed by atoms with Crippen LogP contribution in [0.5, 0.6) is 0 Å². The molecule has 1 fully saturated rings. The number of hydrogen-bond acceptors (Lipinski definition) is 2. The van der Waals surface area contributed by atoms with Crippen LogP contribution in [0.1, 0.15) is 18.4 Å². The largest absolute Gasteiger partial charge is 0.323 e. The van der Waals surface area contributed by atoms with Crippen LogP contribution in [0.3, 0.4) is 0 Å². The summed E-state index contributed by atoms with van der Waals surface area (Å²) in [4.78, 5) is 16.4. The summed E-state index contributed by atoms with van der Waals surface area (Å²) in [6.45, 7) is 0. The van der Waals surface area contributed by atoms with Crippen molar-refractivity contribution in [1.82, 2.24) is 4.98 Å². The summed E-state index contributed by atoms with van der Waals surface area (Å²) >= 11 is 6.03. The van der Waals surface area contributed by atoms with E-state index in [1.807, 2.05) is 30.3 Å². The molecule has 0 bridgehead atoms. The molecule has 0 aliphatic heterocycles. The second-order valence-electron chi connectivity index (χ2n) is 4.76. The third-order valence-corrected chi connectivity index (χ3v) is 3.86. The number of aromatic nitrogens is 1. The van der Waals surface area contributed by atoms with Crippen LogP contribution in [0.25, 0.3) is 0 Å². The lowest BCUT2D eigenvalue weighted by Gasteiger charge is -2.16. The molecule has 0 unspecified atom stereocenters. The normalized spacial score (nSPS) is 15.8. The molecule has 1 aliphatic carbocycles. The van der Waals surface area contributed by atoms with E-state index in [0.29, 0.717) is 10.7 Å². The highest BCUT2D eigenvalue weighted by Crippen LogP contribution is 2.49. The fourth-order valence-corrected chi connectivity index (χ4v) is 2.39. The second-order valence-corrected chi connectivity index (χ2v) is 5.16. The highest BCUT2D eigenvalue weighted by Gasteiger charge is 2.51. The number of nitrogens with one attached hydrogen (secondary N) is 1. The van der Waals surface area contributed by atoms with Crippen molar-refractivity contribution < 1.29 is 4.79 Å². The minimum atomic E-state index is -0.388. The van der Waals surface area contributed by atoms with Crippen LogP contribution in [-0.4, -0.2) is 10.9 Å². The van der Waals surface area contributed by atoms with Gasteiger partial charge in [0.15, 0.2) is 0 Å². The molecule has 1 heterocycles. The van der Waals surface area contributed by atoms with E-state index >= 15 is 0 Å². The molecule has 1 aliphatic rings. The van der Waals surface area contributed by atoms with Gasteiger partial charge in [0.1, 0.15) is 0 Å². The van der Waals surface area contributed by atoms with Gasteiger partial charge in [-0.2, -0.15) is 0 Å². The van der Waals surface area contributed by atoms with Crippen molar-refractivity contribution in [3.63, 3.8) is 0 Å². The SMILES string of the molecule is O=C(Nc1cnccc1Cl)C1(c2ccccc2)CC1. The molecule has 0 spiro atoms. The Morgan fingerprint density at radius 1 is 1.21 bits per heavy atom. The van der Waals surface area contributed by atoms with Crippen molar-refractivity contribution in [2.24, 2.45) is 0 Å². The molecule has 1 N–H and O–H groups in total. The standard InChI is InChI=1S/C15H13ClN2O/c16-12-6-9-17-10-13(12)18-14(19)15(7-8-15)11-4-2-1-3-5-11/h1-6,9-10H,7-8H2,(H,18,19). The van der Waals surface area contributed by atoms with Gasteiger partial charge in [-0.25, -0.2) is 0 Å². The number of hydrogen-bond donors (Lipinski definition) is 1. The summed E-state index contributed by atoms with van der Waals surface area (Å²) in [6, 6.07) is 11.5. The number of nitrogens with zero attached hydrogens (tertiary/aromatic N) is 1. The zero-order valence-corrected chi connectivity index (χ0v) is 11.0. The first kappa shape index (κ1) is 12.2. The Kier molecular flexibility index (Phi) is 2.99. The number of amides is 1. The Morgan fingerprint density at radius 3 is 2.58 bits per heavy atom. The number of halogens is 1. The first-order valence-electron chi connectivity index (χ1n) is 6.19. The molecular formula is C15H13ClN2O. The van der Waals surface area contributed by atoms with Gasteiger partial charge in [0.2, 0.25) is 5.91 Å². The molecule has 1 saturated carbocycles. The van der Waals surface area contributed by atoms with Crippen LogP contribution in [0, 0.1) is 0 Å². The lowest BCUT2D eigenvalue weighted by Crippen LogP contribution is -2.27. The van der Waals surface area contributed by atoms with Crippen molar-refractivity contribution >= 4 is 23.2 Å². The summed E-state index contributed by atoms with van der Waals surface area (Å²) in [6.07, 6.45) is 4.92. The van der Waals surface area contributed by atoms with E-state index < -0.39 is 0 Å². The molecule has 1 aromatic carbocycles. The molecule has 0 saturated heterocycles. The molecular weight excluding hydrogens is 260 g/mol. The van der Waals surface area contributed by atoms with Crippen molar-refractivity contribution in [3.8, 4) is 0 Å². The van der Waals surface area contributed by atoms with Gasteiger partial charge >= 0.3 is 0 Å². The van der Waals surface area contributed by atoms with Gasteiger partial charge in [0.05, 0.1) is 22.3 Å². The number of rotatable bonds is 3. The lowest BCUT2D eigenvalue weighted by molar-refractivity contribution is -0.118. The zero-order chi connectivity index (χ0) is 13.3. The Labute approximate surface area is 116 Å². The van der Waals surface area contributed by atoms with E-state index in [1.165, 1.54) is 0 Å². The molecule has 3 rings (SSSR count). The van der Waals surface area contributed by atoms with Crippen LogP contribution >= 0.6 is 11.6 Å². The molecule has 0 atom stereocenters. The predicted octanol–water partition coefficient (Wildman–Crippen LogP) is 3.41. The van der Waals surface area contributed by atoms with E-state index in [2.05, 4.69) is 10.3 Å². The summed E-state index contributed by atoms with van der Waals surface area (Å²) in [7, 11) is 0. The van der Waals surface area contributed by atoms with Crippen molar-refractivity contribution in [2.45, 2.75) is 18.3 Å². The number of benzene rings is 1. The lowest BCUT2D eigenvalue weighted by atomic mass is 9.95. The van der Waals surface area contributed by atoms with Crippen LogP contribution in [0.4, 0.5) is 5.69 Å². The monoisotopic (exact) mass is 272 g/mol. The molecule has 3 nitrogen and oxygen atoms in total. The average molecular weight is 273 g/mol. The topological polar surface area (TPSA) is 42.0 Å². The van der Waals surface area contributed by atoms with Gasteiger partial charge in [-0.05, 0) is 24.5 Å². The van der Waals surface area contributed by atoms with Crippen molar-refractivity contribution in [2.75, 3.05) is 5.32 Å². The van der Waals surface area contributed by atoms with Crippen LogP contribution in [-0.2, 0) is 10.2 Å². The molecule has 1 aromatic heterocycles. The van der Waals surface area contributed by atoms with Gasteiger partial charge in [-0.15, -0.1) is 0 Å². The molecule has 1 amide bonds. The Bertz CT molecular complexity index is 609. The van der Waals surface area contributed by atoms with Gasteiger partial charge in [-0.1, -0.05) is 41.9 Å². The number of pyridine rings is 1. The van der Waals surface area contributed by atoms with Crippen LogP contribution < -0.4 is 5.32 Å². The third-order valence-electron chi connectivity index (χ3n) is 3.53. The van der Waals surface area contributed by atoms with Gasteiger partial charge < -0.3 is 5.32 Å². The fourth-order valence-electron chi connectivity index (χ4n) is 2.24. The van der Waals surface area contributed by atoms with Gasteiger partial charge in [-0.3, -0.25) is 9.78 Å². The summed E-state index contributed by atoms with van der Waals surface area (Å²) in [5.41, 5.74) is 1.24. The van der Waals surface area contributed by atoms with E-state index in [0.717, 1.165) is 18.4 Å². The molecule has 19 heavy (non-hydrogen) atoms. The minimum absolute atomic E-state index is 0.00593. The second kappa shape index (κ2) is 4.67. The number of anilines is 1. The maximum absolute atomic E-state index is 12.5. The summed E-state index contributed by atoms with van der Waals surface area (Å²) in [5, 5.41) is 3.38. The van der Waals surface area contributed by atoms with Gasteiger partial charge in [0, 0.05) is 6.20 Å². The van der Waals surface area contributed by atoms with E-state index in [1.54, 1.807) is 18.5 Å². The molecule has 0 radical (unpaired) electrons. The predicted molar refractivity (Wildman–Crippen MR) is 75.2 cm³/mol. The quantitative estimate of drug-likeness (QED) is 0.930. The van der Waals surface area contributed by atoms with Crippen LogP contribution in [0.15, 0.2) is 48.8 Å². The Balaban J connectivity index is 1.84. The highest BCUT2D eigenvalue weighted by atomic mass is 35.5. The highest BCUT2D eigenvalue weighted by molar-refractivity contribution is 6.33. The van der Waals surface area contributed by atoms with E-state index in [9.17, 15) is 4.79 Å². The Morgan fingerprint density at radius 2 is 1.95 bits per heavy atom. The molecule has 96 valence electrons. The average Bonchev–Trinajstić information content (AvgIpc) is 3.24. The van der Waals surface area contributed by atoms with E-state index in [4.69, 9.17) is 11.6 Å². The maximum atomic E-state index is 12.5. The molecule has 4 heteroatoms. The fraction of sp³-hybridized carbons (Fsp3) is 0.200. The number of carbonyl (C=O) groups is 1. The Hall–Kier alpha value is -1.87. The van der Waals surface area contributed by atoms with E-state index in [-0.39, 0.29) is 11.3 Å². The third kappa shape index (κ3) is 2.22. The van der Waals surface area contributed by atoms with Crippen LogP contribution in [0.2, 0.25) is 5.02 Å². The van der Waals surface area contributed by atoms with Crippen molar-refractivity contribution in [3.05, 3.63) is 59.4 Å².